The molecule has 1 amide bonds. The van der Waals surface area contributed by atoms with Crippen molar-refractivity contribution in [1.82, 2.24) is 4.90 Å². The van der Waals surface area contributed by atoms with E-state index in [4.69, 9.17) is 9.84 Å². The molecule has 2 rings (SSSR count). The zero-order valence-corrected chi connectivity index (χ0v) is 12.5. The minimum absolute atomic E-state index is 0.0740. The van der Waals surface area contributed by atoms with Crippen molar-refractivity contribution in [2.45, 2.75) is 32.7 Å². The molecule has 5 heteroatoms. The third-order valence-electron chi connectivity index (χ3n) is 3.64. The van der Waals surface area contributed by atoms with E-state index in [1.807, 2.05) is 13.8 Å². The minimum atomic E-state index is -1.01. The Kier molecular flexibility index (Phi) is 4.96. The van der Waals surface area contributed by atoms with Gasteiger partial charge in [-0.15, -0.1) is 0 Å². The van der Waals surface area contributed by atoms with Crippen LogP contribution in [0.3, 0.4) is 0 Å². The van der Waals surface area contributed by atoms with Gasteiger partial charge in [0, 0.05) is 13.0 Å². The van der Waals surface area contributed by atoms with E-state index in [-0.39, 0.29) is 12.5 Å². The lowest BCUT2D eigenvalue weighted by molar-refractivity contribution is -0.158. The zero-order chi connectivity index (χ0) is 15.4. The van der Waals surface area contributed by atoms with Gasteiger partial charge >= 0.3 is 5.97 Å². The Morgan fingerprint density at radius 2 is 1.95 bits per heavy atom. The number of nitrogens with zero attached hydrogens (tertiary/aromatic N) is 1. The maximum absolute atomic E-state index is 12.3. The fourth-order valence-corrected chi connectivity index (χ4v) is 2.71. The minimum Gasteiger partial charge on any atom is -0.480 e. The molecule has 1 atom stereocenters. The first-order valence-electron chi connectivity index (χ1n) is 7.14. The molecule has 1 unspecified atom stereocenters. The van der Waals surface area contributed by atoms with E-state index in [0.29, 0.717) is 26.0 Å². The molecule has 1 N–H and O–H groups in total. The van der Waals surface area contributed by atoms with Crippen molar-refractivity contribution in [3.05, 3.63) is 34.9 Å². The van der Waals surface area contributed by atoms with Crippen LogP contribution in [0, 0.1) is 13.8 Å². The van der Waals surface area contributed by atoms with Crippen LogP contribution in [0.5, 0.6) is 0 Å². The van der Waals surface area contributed by atoms with E-state index >= 15 is 0 Å². The molecule has 0 spiro atoms. The van der Waals surface area contributed by atoms with Gasteiger partial charge in [-0.1, -0.05) is 29.3 Å². The van der Waals surface area contributed by atoms with Gasteiger partial charge in [-0.25, -0.2) is 4.79 Å². The van der Waals surface area contributed by atoms with Crippen molar-refractivity contribution in [2.75, 3.05) is 19.8 Å². The normalized spacial score (nSPS) is 18.6. The topological polar surface area (TPSA) is 66.8 Å². The predicted octanol–water partition coefficient (Wildman–Crippen LogP) is 1.55. The van der Waals surface area contributed by atoms with Gasteiger partial charge in [0.05, 0.1) is 13.2 Å². The monoisotopic (exact) mass is 291 g/mol. The van der Waals surface area contributed by atoms with Crippen molar-refractivity contribution < 1.29 is 19.4 Å². The molecule has 0 radical (unpaired) electrons. The molecule has 0 saturated carbocycles. The second-order valence-corrected chi connectivity index (χ2v) is 5.51. The number of carbonyl (C=O) groups is 2. The number of carboxylic acid groups (broad SMARTS) is 1. The van der Waals surface area contributed by atoms with Crippen LogP contribution in [0.15, 0.2) is 18.2 Å². The van der Waals surface area contributed by atoms with Gasteiger partial charge in [-0.3, -0.25) is 4.79 Å². The summed E-state index contributed by atoms with van der Waals surface area (Å²) in [5, 5.41) is 9.14. The van der Waals surface area contributed by atoms with Crippen molar-refractivity contribution in [1.29, 1.82) is 0 Å². The molecular formula is C16H21NO4. The lowest BCUT2D eigenvalue weighted by Crippen LogP contribution is -2.52. The van der Waals surface area contributed by atoms with Crippen molar-refractivity contribution in [3.63, 3.8) is 0 Å². The molecule has 0 aliphatic carbocycles. The molecule has 1 fully saturated rings. The molecule has 0 bridgehead atoms. The zero-order valence-electron chi connectivity index (χ0n) is 12.5. The fourth-order valence-electron chi connectivity index (χ4n) is 2.71. The Morgan fingerprint density at radius 1 is 1.29 bits per heavy atom. The van der Waals surface area contributed by atoms with E-state index in [9.17, 15) is 9.59 Å². The summed E-state index contributed by atoms with van der Waals surface area (Å²) < 4.78 is 5.14. The highest BCUT2D eigenvalue weighted by molar-refractivity contribution is 5.84. The van der Waals surface area contributed by atoms with Gasteiger partial charge < -0.3 is 14.7 Å². The van der Waals surface area contributed by atoms with Crippen molar-refractivity contribution in [3.8, 4) is 0 Å². The summed E-state index contributed by atoms with van der Waals surface area (Å²) in [6.07, 6.45) is 0.956. The fraction of sp³-hybridized carbons (Fsp3) is 0.500. The number of benzene rings is 1. The maximum Gasteiger partial charge on any atom is 0.328 e. The summed E-state index contributed by atoms with van der Waals surface area (Å²) in [5.74, 6) is -1.13. The van der Waals surface area contributed by atoms with Crippen LogP contribution in [0.1, 0.15) is 23.1 Å². The van der Waals surface area contributed by atoms with Gasteiger partial charge in [-0.05, 0) is 25.8 Å². The van der Waals surface area contributed by atoms with Crippen molar-refractivity contribution in [2.24, 2.45) is 0 Å². The summed E-state index contributed by atoms with van der Waals surface area (Å²) in [4.78, 5) is 24.8. The van der Waals surface area contributed by atoms with Crippen LogP contribution in [-0.4, -0.2) is 47.7 Å². The average Bonchev–Trinajstić information content (AvgIpc) is 2.43. The highest BCUT2D eigenvalue weighted by Gasteiger charge is 2.32. The second-order valence-electron chi connectivity index (χ2n) is 5.51. The molecule has 1 aliphatic rings. The number of ether oxygens (including phenoxy) is 1. The van der Waals surface area contributed by atoms with Gasteiger partial charge in [-0.2, -0.15) is 0 Å². The van der Waals surface area contributed by atoms with E-state index in [0.717, 1.165) is 5.56 Å². The van der Waals surface area contributed by atoms with Crippen LogP contribution in [0.25, 0.3) is 0 Å². The smallest absolute Gasteiger partial charge is 0.328 e. The Morgan fingerprint density at radius 3 is 2.57 bits per heavy atom. The highest BCUT2D eigenvalue weighted by atomic mass is 16.5. The third kappa shape index (κ3) is 4.04. The highest BCUT2D eigenvalue weighted by Crippen LogP contribution is 2.14. The van der Waals surface area contributed by atoms with Gasteiger partial charge in [0.15, 0.2) is 6.04 Å². The Balaban J connectivity index is 1.98. The third-order valence-corrected chi connectivity index (χ3v) is 3.64. The lowest BCUT2D eigenvalue weighted by atomic mass is 10.0. The largest absolute Gasteiger partial charge is 0.480 e. The summed E-state index contributed by atoms with van der Waals surface area (Å²) in [6, 6.07) is 5.36. The Bertz CT molecular complexity index is 521. The van der Waals surface area contributed by atoms with E-state index < -0.39 is 12.0 Å². The van der Waals surface area contributed by atoms with Crippen LogP contribution in [-0.2, 0) is 20.7 Å². The van der Waals surface area contributed by atoms with Crippen LogP contribution in [0.4, 0.5) is 0 Å². The predicted molar refractivity (Wildman–Crippen MR) is 78.2 cm³/mol. The molecule has 5 nitrogen and oxygen atoms in total. The average molecular weight is 291 g/mol. The van der Waals surface area contributed by atoms with Gasteiger partial charge in [0.2, 0.25) is 5.91 Å². The van der Waals surface area contributed by atoms with Crippen molar-refractivity contribution >= 4 is 11.9 Å². The molecule has 0 aromatic heterocycles. The summed E-state index contributed by atoms with van der Waals surface area (Å²) >= 11 is 0. The number of rotatable bonds is 4. The first-order chi connectivity index (χ1) is 9.97. The standard InChI is InChI=1S/C16H21NO4/c1-11-7-12(2)9-13(8-11)3-4-15(18)17-5-6-21-10-14(17)16(19)20/h7-9,14H,3-6,10H2,1-2H3,(H,19,20). The van der Waals surface area contributed by atoms with Gasteiger partial charge in [0.25, 0.3) is 0 Å². The van der Waals surface area contributed by atoms with E-state index in [2.05, 4.69) is 18.2 Å². The number of amides is 1. The second kappa shape index (κ2) is 6.72. The summed E-state index contributed by atoms with van der Waals surface area (Å²) in [7, 11) is 0. The first kappa shape index (κ1) is 15.5. The van der Waals surface area contributed by atoms with Crippen LogP contribution >= 0.6 is 0 Å². The molecule has 1 heterocycles. The lowest BCUT2D eigenvalue weighted by Gasteiger charge is -2.32. The number of aryl methyl sites for hydroxylation is 3. The molecule has 1 saturated heterocycles. The maximum atomic E-state index is 12.3. The molecule has 21 heavy (non-hydrogen) atoms. The SMILES string of the molecule is Cc1cc(C)cc(CCC(=O)N2CCOCC2C(=O)O)c1. The first-order valence-corrected chi connectivity index (χ1v) is 7.14. The number of hydrogen-bond acceptors (Lipinski definition) is 3. The summed E-state index contributed by atoms with van der Waals surface area (Å²) in [6.45, 7) is 4.88. The summed E-state index contributed by atoms with van der Waals surface area (Å²) in [5.41, 5.74) is 3.46. The number of carboxylic acids is 1. The number of morpholine rings is 1. The molecule has 1 aromatic carbocycles. The molecule has 1 aliphatic heterocycles. The molecular weight excluding hydrogens is 270 g/mol. The molecule has 114 valence electrons. The van der Waals surface area contributed by atoms with E-state index in [1.54, 1.807) is 0 Å². The van der Waals surface area contributed by atoms with Gasteiger partial charge in [0.1, 0.15) is 0 Å². The quantitative estimate of drug-likeness (QED) is 0.914. The Labute approximate surface area is 124 Å². The number of carbonyl (C=O) groups excluding carboxylic acids is 1. The number of hydrogen-bond donors (Lipinski definition) is 1. The van der Waals surface area contributed by atoms with E-state index in [1.165, 1.54) is 16.0 Å². The van der Waals surface area contributed by atoms with Crippen LogP contribution in [0.2, 0.25) is 0 Å². The Hall–Kier alpha value is -1.88. The number of aliphatic carboxylic acids is 1. The van der Waals surface area contributed by atoms with Crippen LogP contribution < -0.4 is 0 Å². The molecule has 1 aromatic rings.